The van der Waals surface area contributed by atoms with Crippen LogP contribution >= 0.6 is 0 Å². The maximum Gasteiger partial charge on any atom is 0.128 e. The molecule has 0 aliphatic carbocycles. The summed E-state index contributed by atoms with van der Waals surface area (Å²) in [5.41, 5.74) is 2.92. The van der Waals surface area contributed by atoms with Crippen LogP contribution in [0.1, 0.15) is 62.8 Å². The molecule has 1 aromatic carbocycles. The van der Waals surface area contributed by atoms with Gasteiger partial charge in [0.15, 0.2) is 0 Å². The summed E-state index contributed by atoms with van der Waals surface area (Å²) >= 11 is 0. The van der Waals surface area contributed by atoms with Gasteiger partial charge in [-0.3, -0.25) is 0 Å². The average molecular weight is 265 g/mol. The first-order valence-electron chi connectivity index (χ1n) is 7.45. The van der Waals surface area contributed by atoms with Crippen molar-refractivity contribution < 1.29 is 4.39 Å². The summed E-state index contributed by atoms with van der Waals surface area (Å²) in [5.74, 6) is 0.592. The second kappa shape index (κ2) is 7.64. The van der Waals surface area contributed by atoms with Crippen LogP contribution < -0.4 is 5.32 Å². The monoisotopic (exact) mass is 265 g/mol. The molecule has 0 radical (unpaired) electrons. The zero-order chi connectivity index (χ0) is 14.4. The Kier molecular flexibility index (Phi) is 6.50. The fraction of sp³-hybridized carbons (Fsp3) is 0.647. The minimum Gasteiger partial charge on any atom is -0.310 e. The normalized spacial score (nSPS) is 13.0. The lowest BCUT2D eigenvalue weighted by Crippen LogP contribution is -2.24. The van der Waals surface area contributed by atoms with Crippen molar-refractivity contribution in [3.8, 4) is 0 Å². The van der Waals surface area contributed by atoms with Crippen molar-refractivity contribution in [1.29, 1.82) is 0 Å². The van der Waals surface area contributed by atoms with E-state index in [4.69, 9.17) is 0 Å². The molecule has 0 aliphatic rings. The van der Waals surface area contributed by atoms with E-state index in [1.54, 1.807) is 6.07 Å². The molecule has 0 aliphatic heterocycles. The molecule has 0 spiro atoms. The van der Waals surface area contributed by atoms with E-state index >= 15 is 0 Å². The first-order valence-corrected chi connectivity index (χ1v) is 7.45. The zero-order valence-corrected chi connectivity index (χ0v) is 13.0. The number of benzene rings is 1. The highest BCUT2D eigenvalue weighted by Gasteiger charge is 2.18. The van der Waals surface area contributed by atoms with Gasteiger partial charge in [0, 0.05) is 11.6 Å². The van der Waals surface area contributed by atoms with E-state index in [1.165, 1.54) is 0 Å². The van der Waals surface area contributed by atoms with Crippen molar-refractivity contribution in [2.24, 2.45) is 5.92 Å². The summed E-state index contributed by atoms with van der Waals surface area (Å²) in [6.07, 6.45) is 3.19. The lowest BCUT2D eigenvalue weighted by Gasteiger charge is -2.23. The Balaban J connectivity index is 2.95. The van der Waals surface area contributed by atoms with E-state index in [0.717, 1.165) is 42.5 Å². The predicted molar refractivity (Wildman–Crippen MR) is 81.0 cm³/mol. The van der Waals surface area contributed by atoms with Gasteiger partial charge in [0.1, 0.15) is 5.82 Å². The molecule has 19 heavy (non-hydrogen) atoms. The van der Waals surface area contributed by atoms with Gasteiger partial charge in [0.2, 0.25) is 0 Å². The minimum absolute atomic E-state index is 0.0603. The molecule has 0 amide bonds. The predicted octanol–water partition coefficient (Wildman–Crippen LogP) is 4.92. The lowest BCUT2D eigenvalue weighted by atomic mass is 9.93. The highest BCUT2D eigenvalue weighted by molar-refractivity contribution is 5.34. The van der Waals surface area contributed by atoms with Crippen molar-refractivity contribution in [2.45, 2.75) is 59.9 Å². The van der Waals surface area contributed by atoms with Crippen molar-refractivity contribution in [1.82, 2.24) is 5.32 Å². The Hall–Kier alpha value is -0.890. The molecule has 2 heteroatoms. The van der Waals surface area contributed by atoms with Crippen LogP contribution in [0.4, 0.5) is 4.39 Å². The van der Waals surface area contributed by atoms with E-state index in [0.29, 0.717) is 5.92 Å². The van der Waals surface area contributed by atoms with Crippen molar-refractivity contribution in [3.63, 3.8) is 0 Å². The van der Waals surface area contributed by atoms with E-state index < -0.39 is 0 Å². The van der Waals surface area contributed by atoms with Gasteiger partial charge in [-0.2, -0.15) is 0 Å². The number of hydrogen-bond acceptors (Lipinski definition) is 1. The van der Waals surface area contributed by atoms with Crippen molar-refractivity contribution >= 4 is 0 Å². The van der Waals surface area contributed by atoms with E-state index in [-0.39, 0.29) is 11.9 Å². The third-order valence-corrected chi connectivity index (χ3v) is 3.50. The first kappa shape index (κ1) is 16.2. The highest BCUT2D eigenvalue weighted by atomic mass is 19.1. The van der Waals surface area contributed by atoms with Crippen LogP contribution in [0.25, 0.3) is 0 Å². The van der Waals surface area contributed by atoms with Crippen molar-refractivity contribution in [2.75, 3.05) is 6.54 Å². The molecule has 0 aromatic heterocycles. The fourth-order valence-electron chi connectivity index (χ4n) is 2.54. The number of halogens is 1. The molecule has 1 unspecified atom stereocenters. The Labute approximate surface area is 117 Å². The molecule has 0 bridgehead atoms. The maximum atomic E-state index is 14.3. The standard InChI is InChI=1S/C17H28FN/c1-6-9-19-16(8-7-12(2)3)17-14(5)10-13(4)11-15(17)18/h10-12,16,19H,6-9H2,1-5H3. The zero-order valence-electron chi connectivity index (χ0n) is 13.0. The molecule has 0 saturated heterocycles. The Morgan fingerprint density at radius 1 is 1.16 bits per heavy atom. The van der Waals surface area contributed by atoms with Crippen LogP contribution in [0.15, 0.2) is 12.1 Å². The molecule has 1 atom stereocenters. The molecule has 0 saturated carbocycles. The third kappa shape index (κ3) is 4.94. The Bertz CT molecular complexity index is 375. The van der Waals surface area contributed by atoms with Crippen LogP contribution in [0.2, 0.25) is 0 Å². The van der Waals surface area contributed by atoms with Gasteiger partial charge in [-0.05, 0) is 62.8 Å². The largest absolute Gasteiger partial charge is 0.310 e. The third-order valence-electron chi connectivity index (χ3n) is 3.50. The molecule has 108 valence electrons. The van der Waals surface area contributed by atoms with Crippen molar-refractivity contribution in [3.05, 3.63) is 34.6 Å². The summed E-state index contributed by atoms with van der Waals surface area (Å²) < 4.78 is 14.3. The summed E-state index contributed by atoms with van der Waals surface area (Å²) in [7, 11) is 0. The molecular weight excluding hydrogens is 237 g/mol. The Morgan fingerprint density at radius 3 is 2.37 bits per heavy atom. The second-order valence-corrected chi connectivity index (χ2v) is 5.96. The molecular formula is C17H28FN. The van der Waals surface area contributed by atoms with Crippen LogP contribution in [0, 0.1) is 25.6 Å². The van der Waals surface area contributed by atoms with E-state index in [9.17, 15) is 4.39 Å². The van der Waals surface area contributed by atoms with Gasteiger partial charge in [0.05, 0.1) is 0 Å². The van der Waals surface area contributed by atoms with Gasteiger partial charge < -0.3 is 5.32 Å². The van der Waals surface area contributed by atoms with Gasteiger partial charge in [-0.1, -0.05) is 26.8 Å². The van der Waals surface area contributed by atoms with Crippen LogP contribution in [0.3, 0.4) is 0 Å². The number of hydrogen-bond donors (Lipinski definition) is 1. The van der Waals surface area contributed by atoms with E-state index in [1.807, 2.05) is 13.8 Å². The maximum absolute atomic E-state index is 14.3. The summed E-state index contributed by atoms with van der Waals surface area (Å²) in [4.78, 5) is 0. The van der Waals surface area contributed by atoms with Gasteiger partial charge in [0.25, 0.3) is 0 Å². The van der Waals surface area contributed by atoms with Gasteiger partial charge in [-0.25, -0.2) is 4.39 Å². The summed E-state index contributed by atoms with van der Waals surface area (Å²) in [6.45, 7) is 11.5. The molecule has 0 fully saturated rings. The molecule has 1 nitrogen and oxygen atoms in total. The highest BCUT2D eigenvalue weighted by Crippen LogP contribution is 2.27. The first-order chi connectivity index (χ1) is 8.95. The van der Waals surface area contributed by atoms with E-state index in [2.05, 4.69) is 32.2 Å². The van der Waals surface area contributed by atoms with Crippen LogP contribution in [-0.4, -0.2) is 6.54 Å². The molecule has 1 aromatic rings. The van der Waals surface area contributed by atoms with Gasteiger partial charge >= 0.3 is 0 Å². The SMILES string of the molecule is CCCNC(CCC(C)C)c1c(C)cc(C)cc1F. The summed E-state index contributed by atoms with van der Waals surface area (Å²) in [6, 6.07) is 3.87. The summed E-state index contributed by atoms with van der Waals surface area (Å²) in [5, 5.41) is 3.50. The molecule has 0 heterocycles. The number of nitrogens with one attached hydrogen (secondary N) is 1. The smallest absolute Gasteiger partial charge is 0.128 e. The quantitative estimate of drug-likeness (QED) is 0.738. The lowest BCUT2D eigenvalue weighted by molar-refractivity contribution is 0.425. The fourth-order valence-corrected chi connectivity index (χ4v) is 2.54. The minimum atomic E-state index is -0.0603. The Morgan fingerprint density at radius 2 is 1.84 bits per heavy atom. The van der Waals surface area contributed by atoms with Crippen LogP contribution in [-0.2, 0) is 0 Å². The number of rotatable bonds is 7. The van der Waals surface area contributed by atoms with Crippen LogP contribution in [0.5, 0.6) is 0 Å². The molecule has 1 rings (SSSR count). The second-order valence-electron chi connectivity index (χ2n) is 5.96. The number of aryl methyl sites for hydroxylation is 2. The van der Waals surface area contributed by atoms with Gasteiger partial charge in [-0.15, -0.1) is 0 Å². The average Bonchev–Trinajstić information content (AvgIpc) is 2.30. The molecule has 1 N–H and O–H groups in total. The topological polar surface area (TPSA) is 12.0 Å².